The van der Waals surface area contributed by atoms with Gasteiger partial charge in [-0.25, -0.2) is 13.2 Å². The number of halogens is 1. The molecule has 0 aliphatic heterocycles. The Morgan fingerprint density at radius 3 is 2.49 bits per heavy atom. The summed E-state index contributed by atoms with van der Waals surface area (Å²) < 4.78 is 33.8. The van der Waals surface area contributed by atoms with Crippen LogP contribution >= 0.6 is 11.6 Å². The summed E-state index contributed by atoms with van der Waals surface area (Å²) in [6.07, 6.45) is 2.16. The first-order chi connectivity index (χ1) is 16.6. The van der Waals surface area contributed by atoms with Crippen LogP contribution in [0.1, 0.15) is 23.6 Å². The van der Waals surface area contributed by atoms with Crippen molar-refractivity contribution in [1.82, 2.24) is 0 Å². The molecule has 3 aromatic carbocycles. The average Bonchev–Trinajstić information content (AvgIpc) is 2.80. The van der Waals surface area contributed by atoms with Crippen molar-refractivity contribution in [2.75, 3.05) is 10.9 Å². The molecule has 0 aliphatic carbocycles. The monoisotopic (exact) mass is 515 g/mol. The SMILES string of the molecule is Cc1cc(OCCc2ccc(C=NN)cc2)cc(N(C(C)C(=O)O)S(=O)(=O)c2ccccc2Cl)c1. The molecule has 10 heteroatoms. The summed E-state index contributed by atoms with van der Waals surface area (Å²) in [7, 11) is -4.29. The summed E-state index contributed by atoms with van der Waals surface area (Å²) in [6.45, 7) is 3.41. The molecule has 0 aromatic heterocycles. The summed E-state index contributed by atoms with van der Waals surface area (Å²) in [6, 6.07) is 17.1. The molecule has 1 atom stereocenters. The van der Waals surface area contributed by atoms with Gasteiger partial charge in [0.2, 0.25) is 0 Å². The van der Waals surface area contributed by atoms with Crippen molar-refractivity contribution in [3.8, 4) is 5.75 Å². The van der Waals surface area contributed by atoms with E-state index in [0.717, 1.165) is 15.4 Å². The lowest BCUT2D eigenvalue weighted by Crippen LogP contribution is -2.43. The highest BCUT2D eigenvalue weighted by molar-refractivity contribution is 7.93. The van der Waals surface area contributed by atoms with Crippen molar-refractivity contribution in [3.05, 3.63) is 88.4 Å². The van der Waals surface area contributed by atoms with E-state index >= 15 is 0 Å². The van der Waals surface area contributed by atoms with Gasteiger partial charge in [-0.15, -0.1) is 0 Å². The van der Waals surface area contributed by atoms with Crippen LogP contribution in [0.5, 0.6) is 5.75 Å². The molecule has 0 saturated carbocycles. The van der Waals surface area contributed by atoms with Gasteiger partial charge < -0.3 is 15.7 Å². The zero-order chi connectivity index (χ0) is 25.6. The number of ether oxygens (including phenoxy) is 1. The van der Waals surface area contributed by atoms with E-state index < -0.39 is 22.0 Å². The Morgan fingerprint density at radius 1 is 1.17 bits per heavy atom. The van der Waals surface area contributed by atoms with Crippen LogP contribution in [-0.2, 0) is 21.2 Å². The summed E-state index contributed by atoms with van der Waals surface area (Å²) in [4.78, 5) is 11.7. The van der Waals surface area contributed by atoms with Crippen LogP contribution in [0.2, 0.25) is 5.02 Å². The highest BCUT2D eigenvalue weighted by Gasteiger charge is 2.35. The normalized spacial score (nSPS) is 12.4. The molecule has 184 valence electrons. The van der Waals surface area contributed by atoms with E-state index in [-0.39, 0.29) is 15.6 Å². The number of nitrogens with zero attached hydrogens (tertiary/aromatic N) is 2. The largest absolute Gasteiger partial charge is 0.493 e. The van der Waals surface area contributed by atoms with Crippen LogP contribution in [0.4, 0.5) is 5.69 Å². The fourth-order valence-corrected chi connectivity index (χ4v) is 5.61. The van der Waals surface area contributed by atoms with Crippen LogP contribution in [0.15, 0.2) is 76.7 Å². The number of carboxylic acid groups (broad SMARTS) is 1. The van der Waals surface area contributed by atoms with Gasteiger partial charge in [0.25, 0.3) is 10.0 Å². The fraction of sp³-hybridized carbons (Fsp3) is 0.200. The summed E-state index contributed by atoms with van der Waals surface area (Å²) in [5.41, 5.74) is 2.79. The number of benzene rings is 3. The van der Waals surface area contributed by atoms with E-state index in [1.54, 1.807) is 31.3 Å². The third kappa shape index (κ3) is 6.32. The molecule has 0 fully saturated rings. The predicted molar refractivity (Wildman–Crippen MR) is 137 cm³/mol. The Labute approximate surface area is 209 Å². The van der Waals surface area contributed by atoms with Crippen molar-refractivity contribution in [2.24, 2.45) is 10.9 Å². The lowest BCUT2D eigenvalue weighted by Gasteiger charge is -2.29. The molecule has 1 unspecified atom stereocenters. The first-order valence-corrected chi connectivity index (χ1v) is 12.5. The standard InChI is InChI=1S/C25H26ClN3O5S/c1-17-13-21(15-22(14-17)34-12-11-19-7-9-20(10-8-19)16-28-27)29(18(2)25(30)31)35(32,33)24-6-4-3-5-23(24)26/h3-10,13-16,18H,11-12,27H2,1-2H3,(H,30,31). The first-order valence-electron chi connectivity index (χ1n) is 10.7. The number of carbonyl (C=O) groups is 1. The molecule has 0 radical (unpaired) electrons. The number of carboxylic acids is 1. The highest BCUT2D eigenvalue weighted by Crippen LogP contribution is 2.33. The van der Waals surface area contributed by atoms with Crippen molar-refractivity contribution in [2.45, 2.75) is 31.2 Å². The Balaban J connectivity index is 1.89. The van der Waals surface area contributed by atoms with E-state index in [2.05, 4.69) is 5.10 Å². The minimum Gasteiger partial charge on any atom is -0.493 e. The van der Waals surface area contributed by atoms with Gasteiger partial charge in [-0.05, 0) is 54.8 Å². The number of hydrogen-bond acceptors (Lipinski definition) is 6. The number of sulfonamides is 1. The van der Waals surface area contributed by atoms with E-state index in [0.29, 0.717) is 24.3 Å². The maximum atomic E-state index is 13.5. The lowest BCUT2D eigenvalue weighted by molar-refractivity contribution is -0.137. The van der Waals surface area contributed by atoms with Crippen LogP contribution in [-0.4, -0.2) is 38.4 Å². The minimum absolute atomic E-state index is 0.00275. The smallest absolute Gasteiger partial charge is 0.327 e. The Kier molecular flexibility index (Phi) is 8.37. The fourth-order valence-electron chi connectivity index (χ4n) is 3.51. The quantitative estimate of drug-likeness (QED) is 0.237. The van der Waals surface area contributed by atoms with E-state index in [9.17, 15) is 18.3 Å². The predicted octanol–water partition coefficient (Wildman–Crippen LogP) is 4.23. The number of rotatable bonds is 10. The van der Waals surface area contributed by atoms with Gasteiger partial charge in [-0.2, -0.15) is 5.10 Å². The van der Waals surface area contributed by atoms with E-state index in [1.807, 2.05) is 24.3 Å². The number of anilines is 1. The van der Waals surface area contributed by atoms with Gasteiger partial charge in [0.05, 0.1) is 23.5 Å². The molecule has 35 heavy (non-hydrogen) atoms. The lowest BCUT2D eigenvalue weighted by atomic mass is 10.1. The topological polar surface area (TPSA) is 122 Å². The second-order valence-corrected chi connectivity index (χ2v) is 10.1. The number of hydrogen-bond donors (Lipinski definition) is 2. The maximum Gasteiger partial charge on any atom is 0.327 e. The van der Waals surface area contributed by atoms with Crippen LogP contribution in [0.25, 0.3) is 0 Å². The van der Waals surface area contributed by atoms with Crippen molar-refractivity contribution >= 4 is 39.5 Å². The maximum absolute atomic E-state index is 13.5. The molecule has 3 aromatic rings. The molecular weight excluding hydrogens is 490 g/mol. The molecular formula is C25H26ClN3O5S. The van der Waals surface area contributed by atoms with Crippen molar-refractivity contribution in [3.63, 3.8) is 0 Å². The second kappa shape index (κ2) is 11.2. The Hall–Kier alpha value is -3.56. The summed E-state index contributed by atoms with van der Waals surface area (Å²) in [5, 5.41) is 13.2. The van der Waals surface area contributed by atoms with Crippen LogP contribution in [0, 0.1) is 6.92 Å². The number of aliphatic carboxylic acids is 1. The Morgan fingerprint density at radius 2 is 1.86 bits per heavy atom. The summed E-state index contributed by atoms with van der Waals surface area (Å²) >= 11 is 6.15. The van der Waals surface area contributed by atoms with Crippen LogP contribution < -0.4 is 14.9 Å². The number of aryl methyl sites for hydroxylation is 1. The van der Waals surface area contributed by atoms with Crippen LogP contribution in [0.3, 0.4) is 0 Å². The molecule has 3 rings (SSSR count). The molecule has 0 saturated heterocycles. The number of hydrazone groups is 1. The van der Waals surface area contributed by atoms with E-state index in [1.165, 1.54) is 31.2 Å². The third-order valence-electron chi connectivity index (χ3n) is 5.24. The zero-order valence-corrected chi connectivity index (χ0v) is 20.8. The number of nitrogens with two attached hydrogens (primary N) is 1. The van der Waals surface area contributed by atoms with Crippen molar-refractivity contribution < 1.29 is 23.1 Å². The second-order valence-electron chi connectivity index (χ2n) is 7.87. The van der Waals surface area contributed by atoms with Gasteiger partial charge in [0.15, 0.2) is 0 Å². The zero-order valence-electron chi connectivity index (χ0n) is 19.3. The molecule has 0 bridgehead atoms. The van der Waals surface area contributed by atoms with Gasteiger partial charge in [0, 0.05) is 12.5 Å². The molecule has 8 nitrogen and oxygen atoms in total. The van der Waals surface area contributed by atoms with Gasteiger partial charge in [-0.1, -0.05) is 48.0 Å². The molecule has 0 heterocycles. The summed E-state index contributed by atoms with van der Waals surface area (Å²) in [5.74, 6) is 4.28. The van der Waals surface area contributed by atoms with Gasteiger partial charge in [-0.3, -0.25) is 4.31 Å². The Bertz CT molecular complexity index is 1330. The third-order valence-corrected chi connectivity index (χ3v) is 7.63. The first kappa shape index (κ1) is 26.1. The molecule has 0 spiro atoms. The minimum atomic E-state index is -4.29. The molecule has 0 amide bonds. The molecule has 3 N–H and O–H groups in total. The van der Waals surface area contributed by atoms with E-state index in [4.69, 9.17) is 22.2 Å². The average molecular weight is 516 g/mol. The highest BCUT2D eigenvalue weighted by atomic mass is 35.5. The molecule has 0 aliphatic rings. The van der Waals surface area contributed by atoms with Crippen molar-refractivity contribution in [1.29, 1.82) is 0 Å². The van der Waals surface area contributed by atoms with Gasteiger partial charge in [0.1, 0.15) is 16.7 Å². The van der Waals surface area contributed by atoms with Gasteiger partial charge >= 0.3 is 5.97 Å².